The molecule has 0 bridgehead atoms. The Morgan fingerprint density at radius 3 is 3.05 bits per heavy atom. The van der Waals surface area contributed by atoms with Gasteiger partial charge in [0.2, 0.25) is 0 Å². The number of aryl methyl sites for hydroxylation is 2. The van der Waals surface area contributed by atoms with Gasteiger partial charge in [0.05, 0.1) is 16.9 Å². The number of thiazole rings is 1. The number of fused-ring (bicyclic) bond motifs is 1. The van der Waals surface area contributed by atoms with Crippen molar-refractivity contribution >= 4 is 17.2 Å². The molecule has 2 aromatic heterocycles. The summed E-state index contributed by atoms with van der Waals surface area (Å²) < 4.78 is 0. The zero-order valence-electron chi connectivity index (χ0n) is 12.6. The van der Waals surface area contributed by atoms with Gasteiger partial charge in [0, 0.05) is 17.7 Å². The molecule has 0 saturated heterocycles. The van der Waals surface area contributed by atoms with Gasteiger partial charge >= 0.3 is 0 Å². The van der Waals surface area contributed by atoms with Gasteiger partial charge in [0.25, 0.3) is 5.91 Å². The third kappa shape index (κ3) is 2.85. The number of rotatable bonds is 3. The largest absolute Gasteiger partial charge is 0.348 e. The van der Waals surface area contributed by atoms with E-state index >= 15 is 0 Å². The first-order chi connectivity index (χ1) is 10.0. The van der Waals surface area contributed by atoms with Crippen molar-refractivity contribution in [1.29, 1.82) is 0 Å². The lowest BCUT2D eigenvalue weighted by molar-refractivity contribution is 0.0937. The Morgan fingerprint density at radius 2 is 2.33 bits per heavy atom. The molecule has 0 aliphatic heterocycles. The molecule has 1 amide bonds. The SMILES string of the molecule is Cc1nc(C(C)C)sc1C(=O)N[C@@H]1CCc2[nH]ncc2C1. The van der Waals surface area contributed by atoms with Crippen molar-refractivity contribution < 1.29 is 4.79 Å². The lowest BCUT2D eigenvalue weighted by Crippen LogP contribution is -2.38. The van der Waals surface area contributed by atoms with Gasteiger partial charge in [-0.2, -0.15) is 5.10 Å². The molecule has 1 aliphatic rings. The van der Waals surface area contributed by atoms with Crippen LogP contribution in [-0.2, 0) is 12.8 Å². The molecule has 0 unspecified atom stereocenters. The summed E-state index contributed by atoms with van der Waals surface area (Å²) in [4.78, 5) is 17.7. The number of aromatic nitrogens is 3. The number of hydrogen-bond donors (Lipinski definition) is 2. The third-order valence-electron chi connectivity index (χ3n) is 3.87. The summed E-state index contributed by atoms with van der Waals surface area (Å²) in [6, 6.07) is 0.187. The van der Waals surface area contributed by atoms with Crippen molar-refractivity contribution in [2.24, 2.45) is 0 Å². The molecule has 2 aromatic rings. The Morgan fingerprint density at radius 1 is 1.52 bits per heavy atom. The average molecular weight is 304 g/mol. The minimum Gasteiger partial charge on any atom is -0.348 e. The molecule has 6 heteroatoms. The van der Waals surface area contributed by atoms with Crippen molar-refractivity contribution in [3.05, 3.63) is 33.0 Å². The molecular formula is C15H20N4OS. The number of aromatic amines is 1. The van der Waals surface area contributed by atoms with Crippen LogP contribution < -0.4 is 5.32 Å². The monoisotopic (exact) mass is 304 g/mol. The van der Waals surface area contributed by atoms with E-state index < -0.39 is 0 Å². The van der Waals surface area contributed by atoms with Gasteiger partial charge in [-0.25, -0.2) is 4.98 Å². The highest BCUT2D eigenvalue weighted by molar-refractivity contribution is 7.13. The van der Waals surface area contributed by atoms with Crippen LogP contribution in [-0.4, -0.2) is 27.1 Å². The van der Waals surface area contributed by atoms with E-state index in [1.54, 1.807) is 0 Å². The molecule has 0 spiro atoms. The summed E-state index contributed by atoms with van der Waals surface area (Å²) in [6.07, 6.45) is 4.62. The normalized spacial score (nSPS) is 17.8. The summed E-state index contributed by atoms with van der Waals surface area (Å²) >= 11 is 1.51. The minimum absolute atomic E-state index is 0.00819. The fraction of sp³-hybridized carbons (Fsp3) is 0.533. The highest BCUT2D eigenvalue weighted by Gasteiger charge is 2.24. The van der Waals surface area contributed by atoms with E-state index in [0.29, 0.717) is 5.92 Å². The summed E-state index contributed by atoms with van der Waals surface area (Å²) in [6.45, 7) is 6.11. The topological polar surface area (TPSA) is 70.7 Å². The molecule has 0 aromatic carbocycles. The van der Waals surface area contributed by atoms with Gasteiger partial charge in [0.1, 0.15) is 4.88 Å². The Balaban J connectivity index is 1.70. The van der Waals surface area contributed by atoms with Gasteiger partial charge in [-0.15, -0.1) is 11.3 Å². The van der Waals surface area contributed by atoms with Crippen molar-refractivity contribution in [2.75, 3.05) is 0 Å². The van der Waals surface area contributed by atoms with Gasteiger partial charge in [-0.1, -0.05) is 13.8 Å². The predicted molar refractivity (Wildman–Crippen MR) is 82.8 cm³/mol. The minimum atomic E-state index is 0.00819. The number of nitrogens with zero attached hydrogens (tertiary/aromatic N) is 2. The quantitative estimate of drug-likeness (QED) is 0.915. The van der Waals surface area contributed by atoms with Crippen LogP contribution in [0.5, 0.6) is 0 Å². The van der Waals surface area contributed by atoms with Crippen LogP contribution in [0.4, 0.5) is 0 Å². The molecule has 0 saturated carbocycles. The Labute approximate surface area is 128 Å². The highest BCUT2D eigenvalue weighted by Crippen LogP contribution is 2.25. The number of carbonyl (C=O) groups is 1. The molecule has 1 atom stereocenters. The standard InChI is InChI=1S/C15H20N4OS/c1-8(2)15-17-9(3)13(21-15)14(20)18-11-4-5-12-10(6-11)7-16-19-12/h7-8,11H,4-6H2,1-3H3,(H,16,19)(H,18,20)/t11-/m1/s1. The predicted octanol–water partition coefficient (Wildman–Crippen LogP) is 2.59. The highest BCUT2D eigenvalue weighted by atomic mass is 32.1. The molecule has 1 aliphatic carbocycles. The summed E-state index contributed by atoms with van der Waals surface area (Å²) in [7, 11) is 0. The van der Waals surface area contributed by atoms with Crippen LogP contribution in [0.3, 0.4) is 0 Å². The first kappa shape index (κ1) is 14.3. The number of nitrogens with one attached hydrogen (secondary N) is 2. The smallest absolute Gasteiger partial charge is 0.263 e. The van der Waals surface area contributed by atoms with E-state index in [1.807, 2.05) is 13.1 Å². The van der Waals surface area contributed by atoms with Gasteiger partial charge < -0.3 is 5.32 Å². The maximum Gasteiger partial charge on any atom is 0.263 e. The fourth-order valence-corrected chi connectivity index (χ4v) is 3.64. The Bertz CT molecular complexity index is 658. The lowest BCUT2D eigenvalue weighted by Gasteiger charge is -2.22. The van der Waals surface area contributed by atoms with Crippen LogP contribution in [0.25, 0.3) is 0 Å². The van der Waals surface area contributed by atoms with Crippen molar-refractivity contribution in [3.63, 3.8) is 0 Å². The van der Waals surface area contributed by atoms with Crippen LogP contribution >= 0.6 is 11.3 Å². The molecule has 0 radical (unpaired) electrons. The Hall–Kier alpha value is -1.69. The van der Waals surface area contributed by atoms with E-state index in [1.165, 1.54) is 22.6 Å². The van der Waals surface area contributed by atoms with Gasteiger partial charge in [-0.05, 0) is 31.7 Å². The maximum atomic E-state index is 12.5. The van der Waals surface area contributed by atoms with Crippen LogP contribution in [0.15, 0.2) is 6.20 Å². The average Bonchev–Trinajstić information content (AvgIpc) is 3.04. The second kappa shape index (κ2) is 5.60. The zero-order chi connectivity index (χ0) is 15.0. The van der Waals surface area contributed by atoms with E-state index in [2.05, 4.69) is 34.3 Å². The first-order valence-electron chi connectivity index (χ1n) is 7.34. The zero-order valence-corrected chi connectivity index (χ0v) is 13.4. The molecule has 5 nitrogen and oxygen atoms in total. The Kier molecular flexibility index (Phi) is 3.80. The summed E-state index contributed by atoms with van der Waals surface area (Å²) in [5.41, 5.74) is 3.26. The molecule has 2 heterocycles. The van der Waals surface area contributed by atoms with Crippen molar-refractivity contribution in [2.45, 2.75) is 52.0 Å². The van der Waals surface area contributed by atoms with Crippen molar-refractivity contribution in [1.82, 2.24) is 20.5 Å². The lowest BCUT2D eigenvalue weighted by atomic mass is 9.93. The number of amides is 1. The molecule has 112 valence electrons. The van der Waals surface area contributed by atoms with E-state index in [4.69, 9.17) is 0 Å². The maximum absolute atomic E-state index is 12.5. The van der Waals surface area contributed by atoms with E-state index in [-0.39, 0.29) is 11.9 Å². The first-order valence-corrected chi connectivity index (χ1v) is 8.15. The molecule has 2 N–H and O–H groups in total. The summed E-state index contributed by atoms with van der Waals surface area (Å²) in [5, 5.41) is 11.3. The number of H-pyrrole nitrogens is 1. The van der Waals surface area contributed by atoms with Gasteiger partial charge in [0.15, 0.2) is 0 Å². The fourth-order valence-electron chi connectivity index (χ4n) is 2.67. The third-order valence-corrected chi connectivity index (χ3v) is 5.32. The molecule has 3 rings (SSSR count). The van der Waals surface area contributed by atoms with Crippen molar-refractivity contribution in [3.8, 4) is 0 Å². The summed E-state index contributed by atoms with van der Waals surface area (Å²) in [5.74, 6) is 0.368. The number of hydrogen-bond acceptors (Lipinski definition) is 4. The van der Waals surface area contributed by atoms with E-state index in [0.717, 1.165) is 34.8 Å². The second-order valence-electron chi connectivity index (χ2n) is 5.91. The molecular weight excluding hydrogens is 284 g/mol. The van der Waals surface area contributed by atoms with Crippen LogP contribution in [0, 0.1) is 6.92 Å². The molecule has 21 heavy (non-hydrogen) atoms. The second-order valence-corrected chi connectivity index (χ2v) is 6.94. The van der Waals surface area contributed by atoms with Crippen LogP contribution in [0.1, 0.15) is 57.8 Å². The van der Waals surface area contributed by atoms with Gasteiger partial charge in [-0.3, -0.25) is 9.89 Å². The van der Waals surface area contributed by atoms with E-state index in [9.17, 15) is 4.79 Å². The van der Waals surface area contributed by atoms with Crippen LogP contribution in [0.2, 0.25) is 0 Å². The number of carbonyl (C=O) groups excluding carboxylic acids is 1. The molecule has 0 fully saturated rings.